The van der Waals surface area contributed by atoms with Gasteiger partial charge in [0, 0.05) is 0 Å². The van der Waals surface area contributed by atoms with Gasteiger partial charge in [-0.2, -0.15) is 0 Å². The molecule has 86 valence electrons. The van der Waals surface area contributed by atoms with Crippen molar-refractivity contribution in [3.63, 3.8) is 0 Å². The third-order valence-electron chi connectivity index (χ3n) is 3.67. The first-order chi connectivity index (χ1) is 6.84. The average Bonchev–Trinajstić information content (AvgIpc) is 2.10. The highest BCUT2D eigenvalue weighted by atomic mass is 16.3. The summed E-state index contributed by atoms with van der Waals surface area (Å²) in [5.41, 5.74) is 0.185. The van der Waals surface area contributed by atoms with Crippen molar-refractivity contribution in [1.29, 1.82) is 0 Å². The van der Waals surface area contributed by atoms with Gasteiger partial charge in [0.1, 0.15) is 6.10 Å². The maximum atomic E-state index is 11.1. The van der Waals surface area contributed by atoms with Crippen LogP contribution in [0.5, 0.6) is 0 Å². The molecule has 1 N–H and O–H groups in total. The van der Waals surface area contributed by atoms with Gasteiger partial charge in [-0.3, -0.25) is 4.79 Å². The largest absolute Gasteiger partial charge is 0.385 e. The summed E-state index contributed by atoms with van der Waals surface area (Å²) >= 11 is 0. The molecule has 0 saturated heterocycles. The summed E-state index contributed by atoms with van der Waals surface area (Å²) in [5, 5.41) is 9.66. The molecule has 0 bridgehead atoms. The number of carbonyl (C=O) groups excluding carboxylic acids is 1. The number of aliphatic hydroxyl groups excluding tert-OH is 1. The summed E-state index contributed by atoms with van der Waals surface area (Å²) in [5.74, 6) is 0.719. The SMILES string of the molecule is CC(=O)C(O)CC1C(C)C=CCC1(C)C. The van der Waals surface area contributed by atoms with Gasteiger partial charge in [-0.1, -0.05) is 32.9 Å². The molecule has 15 heavy (non-hydrogen) atoms. The van der Waals surface area contributed by atoms with Crippen LogP contribution in [0.1, 0.15) is 40.5 Å². The molecule has 0 aromatic carbocycles. The lowest BCUT2D eigenvalue weighted by molar-refractivity contribution is -0.126. The Kier molecular flexibility index (Phi) is 3.72. The van der Waals surface area contributed by atoms with E-state index in [9.17, 15) is 9.90 Å². The minimum absolute atomic E-state index is 0.118. The van der Waals surface area contributed by atoms with E-state index in [4.69, 9.17) is 0 Å². The Balaban J connectivity index is 2.73. The lowest BCUT2D eigenvalue weighted by Gasteiger charge is -2.40. The zero-order chi connectivity index (χ0) is 11.6. The van der Waals surface area contributed by atoms with Crippen LogP contribution in [0, 0.1) is 17.3 Å². The Morgan fingerprint density at radius 3 is 2.67 bits per heavy atom. The maximum absolute atomic E-state index is 11.1. The highest BCUT2D eigenvalue weighted by Gasteiger charge is 2.36. The molecular weight excluding hydrogens is 188 g/mol. The third kappa shape index (κ3) is 2.91. The monoisotopic (exact) mass is 210 g/mol. The van der Waals surface area contributed by atoms with Gasteiger partial charge >= 0.3 is 0 Å². The quantitative estimate of drug-likeness (QED) is 0.727. The van der Waals surface area contributed by atoms with Gasteiger partial charge in [-0.05, 0) is 37.0 Å². The molecule has 0 saturated carbocycles. The Morgan fingerprint density at radius 2 is 2.20 bits per heavy atom. The van der Waals surface area contributed by atoms with E-state index in [0.717, 1.165) is 6.42 Å². The fourth-order valence-electron chi connectivity index (χ4n) is 2.52. The molecule has 1 rings (SSSR count). The fraction of sp³-hybridized carbons (Fsp3) is 0.769. The van der Waals surface area contributed by atoms with Crippen LogP contribution in [0.15, 0.2) is 12.2 Å². The van der Waals surface area contributed by atoms with E-state index in [1.54, 1.807) is 0 Å². The van der Waals surface area contributed by atoms with Crippen LogP contribution in [-0.2, 0) is 4.79 Å². The van der Waals surface area contributed by atoms with Gasteiger partial charge < -0.3 is 5.11 Å². The van der Waals surface area contributed by atoms with E-state index in [1.165, 1.54) is 6.92 Å². The van der Waals surface area contributed by atoms with Crippen LogP contribution in [0.3, 0.4) is 0 Å². The van der Waals surface area contributed by atoms with Gasteiger partial charge in [0.05, 0.1) is 0 Å². The van der Waals surface area contributed by atoms with Crippen LogP contribution in [0.2, 0.25) is 0 Å². The van der Waals surface area contributed by atoms with Gasteiger partial charge in [-0.15, -0.1) is 0 Å². The lowest BCUT2D eigenvalue weighted by Crippen LogP contribution is -2.35. The number of Topliss-reactive ketones (excluding diaryl/α,β-unsaturated/α-hetero) is 1. The molecular formula is C13H22O2. The summed E-state index contributed by atoms with van der Waals surface area (Å²) in [6.07, 6.45) is 5.24. The first-order valence-electron chi connectivity index (χ1n) is 5.70. The van der Waals surface area contributed by atoms with Crippen LogP contribution in [0.4, 0.5) is 0 Å². The van der Waals surface area contributed by atoms with Crippen LogP contribution in [-0.4, -0.2) is 17.0 Å². The van der Waals surface area contributed by atoms with Crippen molar-refractivity contribution in [2.75, 3.05) is 0 Å². The van der Waals surface area contributed by atoms with Crippen molar-refractivity contribution >= 4 is 5.78 Å². The Bertz CT molecular complexity index is 266. The molecule has 0 aliphatic heterocycles. The molecule has 0 radical (unpaired) electrons. The molecule has 0 fully saturated rings. The van der Waals surface area contributed by atoms with E-state index < -0.39 is 6.10 Å². The molecule has 0 heterocycles. The lowest BCUT2D eigenvalue weighted by atomic mass is 9.65. The number of aliphatic hydroxyl groups is 1. The number of ketones is 1. The highest BCUT2D eigenvalue weighted by molar-refractivity contribution is 5.80. The maximum Gasteiger partial charge on any atom is 0.158 e. The highest BCUT2D eigenvalue weighted by Crippen LogP contribution is 2.42. The Hall–Kier alpha value is -0.630. The molecule has 1 aliphatic rings. The van der Waals surface area contributed by atoms with E-state index in [0.29, 0.717) is 18.3 Å². The molecule has 0 aromatic heterocycles. The van der Waals surface area contributed by atoms with Gasteiger partial charge in [-0.25, -0.2) is 0 Å². The second-order valence-electron chi connectivity index (χ2n) is 5.45. The Morgan fingerprint density at radius 1 is 1.60 bits per heavy atom. The second-order valence-corrected chi connectivity index (χ2v) is 5.45. The number of hydrogen-bond acceptors (Lipinski definition) is 2. The minimum Gasteiger partial charge on any atom is -0.385 e. The Labute approximate surface area is 92.4 Å². The summed E-state index contributed by atoms with van der Waals surface area (Å²) in [6, 6.07) is 0. The predicted octanol–water partition coefficient (Wildman–Crippen LogP) is 2.56. The topological polar surface area (TPSA) is 37.3 Å². The van der Waals surface area contributed by atoms with E-state index in [1.807, 2.05) is 0 Å². The van der Waals surface area contributed by atoms with E-state index in [-0.39, 0.29) is 11.2 Å². The first-order valence-corrected chi connectivity index (χ1v) is 5.70. The number of carbonyl (C=O) groups is 1. The predicted molar refractivity (Wildman–Crippen MR) is 61.5 cm³/mol. The fourth-order valence-corrected chi connectivity index (χ4v) is 2.52. The summed E-state index contributed by atoms with van der Waals surface area (Å²) in [6.45, 7) is 8.05. The first kappa shape index (κ1) is 12.4. The molecule has 2 nitrogen and oxygen atoms in total. The number of rotatable bonds is 3. The van der Waals surface area contributed by atoms with Crippen molar-refractivity contribution < 1.29 is 9.90 Å². The molecule has 0 aromatic rings. The second kappa shape index (κ2) is 4.48. The van der Waals surface area contributed by atoms with Crippen LogP contribution in [0.25, 0.3) is 0 Å². The summed E-state index contributed by atoms with van der Waals surface area (Å²) in [4.78, 5) is 11.1. The van der Waals surface area contributed by atoms with E-state index >= 15 is 0 Å². The molecule has 3 unspecified atom stereocenters. The molecule has 1 aliphatic carbocycles. The summed E-state index contributed by atoms with van der Waals surface area (Å²) < 4.78 is 0. The molecule has 0 amide bonds. The van der Waals surface area contributed by atoms with Crippen LogP contribution >= 0.6 is 0 Å². The van der Waals surface area contributed by atoms with Gasteiger partial charge in [0.25, 0.3) is 0 Å². The van der Waals surface area contributed by atoms with Crippen molar-refractivity contribution in [3.05, 3.63) is 12.2 Å². The molecule has 2 heteroatoms. The van der Waals surface area contributed by atoms with Crippen molar-refractivity contribution in [3.8, 4) is 0 Å². The molecule has 0 spiro atoms. The van der Waals surface area contributed by atoms with Gasteiger partial charge in [0.2, 0.25) is 0 Å². The molecule has 3 atom stereocenters. The number of hydrogen-bond donors (Lipinski definition) is 1. The standard InChI is InChI=1S/C13H22O2/c1-9-6-5-7-13(3,4)11(9)8-12(15)10(2)14/h5-6,9,11-12,15H,7-8H2,1-4H3. The number of allylic oxidation sites excluding steroid dienone is 2. The summed E-state index contributed by atoms with van der Waals surface area (Å²) in [7, 11) is 0. The van der Waals surface area contributed by atoms with Crippen LogP contribution < -0.4 is 0 Å². The zero-order valence-electron chi connectivity index (χ0n) is 10.2. The van der Waals surface area contributed by atoms with E-state index in [2.05, 4.69) is 32.9 Å². The minimum atomic E-state index is -0.789. The van der Waals surface area contributed by atoms with Crippen molar-refractivity contribution in [2.24, 2.45) is 17.3 Å². The third-order valence-corrected chi connectivity index (χ3v) is 3.67. The normalized spacial score (nSPS) is 31.3. The smallest absolute Gasteiger partial charge is 0.158 e. The van der Waals surface area contributed by atoms with Crippen molar-refractivity contribution in [1.82, 2.24) is 0 Å². The average molecular weight is 210 g/mol. The van der Waals surface area contributed by atoms with Gasteiger partial charge in [0.15, 0.2) is 5.78 Å². The zero-order valence-corrected chi connectivity index (χ0v) is 10.2. The van der Waals surface area contributed by atoms with Crippen molar-refractivity contribution in [2.45, 2.75) is 46.6 Å².